The molecule has 6 nitrogen and oxygen atoms in total. The smallest absolute Gasteiger partial charge is 0.328 e. The molecule has 1 N–H and O–H groups in total. The third kappa shape index (κ3) is 2.02. The predicted octanol–water partition coefficient (Wildman–Crippen LogP) is -0.938. The van der Waals surface area contributed by atoms with E-state index in [1.54, 1.807) is 11.6 Å². The van der Waals surface area contributed by atoms with Gasteiger partial charge in [-0.2, -0.15) is 0 Å². The Kier molecular flexibility index (Phi) is 4.07. The van der Waals surface area contributed by atoms with E-state index in [4.69, 9.17) is 0 Å². The molecule has 2 aromatic heterocycles. The Morgan fingerprint density at radius 1 is 1.47 bits per heavy atom. The number of nitrogens with zero attached hydrogens (tertiary/aromatic N) is 3. The largest absolute Gasteiger partial charge is 0.330 e. The molecule has 75 valence electrons. The zero-order valence-electron chi connectivity index (χ0n) is 8.94. The first-order valence-electron chi connectivity index (χ1n) is 4.29. The topological polar surface area (TPSA) is 72.7 Å². The minimum absolute atomic E-state index is 0. The SMILES string of the molecule is CCn1c(=O)[nH]c(=O)c2c1ncn2C.[K]. The molecule has 2 rings (SSSR count). The van der Waals surface area contributed by atoms with Crippen molar-refractivity contribution < 1.29 is 0 Å². The average molecular weight is 233 g/mol. The molecule has 0 aliphatic carbocycles. The van der Waals surface area contributed by atoms with Gasteiger partial charge in [0.15, 0.2) is 11.2 Å². The van der Waals surface area contributed by atoms with Crippen LogP contribution in [0.2, 0.25) is 0 Å². The van der Waals surface area contributed by atoms with Crippen LogP contribution in [-0.2, 0) is 13.6 Å². The molecule has 1 radical (unpaired) electrons. The number of aromatic amines is 1. The van der Waals surface area contributed by atoms with E-state index < -0.39 is 11.2 Å². The molecule has 2 heterocycles. The van der Waals surface area contributed by atoms with Gasteiger partial charge in [-0.1, -0.05) is 0 Å². The fourth-order valence-corrected chi connectivity index (χ4v) is 1.49. The Morgan fingerprint density at radius 2 is 2.13 bits per heavy atom. The van der Waals surface area contributed by atoms with E-state index in [1.165, 1.54) is 10.9 Å². The predicted molar refractivity (Wildman–Crippen MR) is 57.0 cm³/mol. The Bertz CT molecular complexity index is 595. The Morgan fingerprint density at radius 3 is 2.73 bits per heavy atom. The molecule has 0 fully saturated rings. The van der Waals surface area contributed by atoms with Gasteiger partial charge in [0.1, 0.15) is 0 Å². The molecule has 0 saturated heterocycles. The van der Waals surface area contributed by atoms with Crippen LogP contribution in [0.4, 0.5) is 0 Å². The third-order valence-corrected chi connectivity index (χ3v) is 2.17. The summed E-state index contributed by atoms with van der Waals surface area (Å²) in [5, 5.41) is 0. The molecule has 0 aliphatic rings. The fraction of sp³-hybridized carbons (Fsp3) is 0.375. The Balaban J connectivity index is 0.00000112. The van der Waals surface area contributed by atoms with Gasteiger partial charge in [-0.3, -0.25) is 14.3 Å². The van der Waals surface area contributed by atoms with Crippen molar-refractivity contribution in [2.45, 2.75) is 13.5 Å². The fourth-order valence-electron chi connectivity index (χ4n) is 1.49. The standard InChI is InChI=1S/C8H10N4O2.K/c1-3-12-6-5(11(2)4-9-6)7(13)10-8(12)14;/h4H,3H2,1-2H3,(H,10,13,14);. The van der Waals surface area contributed by atoms with Gasteiger partial charge >= 0.3 is 5.69 Å². The van der Waals surface area contributed by atoms with Crippen LogP contribution in [-0.4, -0.2) is 70.5 Å². The first-order valence-corrected chi connectivity index (χ1v) is 4.29. The van der Waals surface area contributed by atoms with Crippen LogP contribution in [0.25, 0.3) is 11.2 Å². The van der Waals surface area contributed by atoms with E-state index in [-0.39, 0.29) is 51.4 Å². The van der Waals surface area contributed by atoms with Gasteiger partial charge in [0.25, 0.3) is 5.56 Å². The van der Waals surface area contributed by atoms with Crippen molar-refractivity contribution in [3.05, 3.63) is 27.2 Å². The second-order valence-corrected chi connectivity index (χ2v) is 3.03. The summed E-state index contributed by atoms with van der Waals surface area (Å²) in [4.78, 5) is 29.0. The number of nitrogens with one attached hydrogen (secondary N) is 1. The van der Waals surface area contributed by atoms with Crippen LogP contribution < -0.4 is 11.2 Å². The minimum Gasteiger partial charge on any atom is -0.328 e. The molecule has 0 atom stereocenters. The number of fused-ring (bicyclic) bond motifs is 1. The maximum absolute atomic E-state index is 11.4. The van der Waals surface area contributed by atoms with E-state index >= 15 is 0 Å². The zero-order chi connectivity index (χ0) is 10.3. The number of aromatic nitrogens is 4. The number of aryl methyl sites for hydroxylation is 2. The molecular weight excluding hydrogens is 223 g/mol. The molecule has 0 aliphatic heterocycles. The van der Waals surface area contributed by atoms with Crippen molar-refractivity contribution >= 4 is 62.5 Å². The normalized spacial score (nSPS) is 10.3. The van der Waals surface area contributed by atoms with Gasteiger partial charge in [0.05, 0.1) is 6.33 Å². The van der Waals surface area contributed by atoms with Crippen LogP contribution >= 0.6 is 0 Å². The quantitative estimate of drug-likeness (QED) is 0.646. The van der Waals surface area contributed by atoms with Crippen LogP contribution in [0.1, 0.15) is 6.92 Å². The number of imidazole rings is 1. The molecule has 0 unspecified atom stereocenters. The summed E-state index contributed by atoms with van der Waals surface area (Å²) in [6.45, 7) is 2.32. The van der Waals surface area contributed by atoms with E-state index in [0.717, 1.165) is 0 Å². The van der Waals surface area contributed by atoms with Crippen molar-refractivity contribution in [3.63, 3.8) is 0 Å². The molecule has 0 amide bonds. The van der Waals surface area contributed by atoms with Crippen LogP contribution in [0.15, 0.2) is 15.9 Å². The van der Waals surface area contributed by atoms with E-state index in [1.807, 2.05) is 6.92 Å². The molecule has 0 spiro atoms. The van der Waals surface area contributed by atoms with Crippen molar-refractivity contribution in [3.8, 4) is 0 Å². The molecule has 2 aromatic rings. The molecule has 0 saturated carbocycles. The van der Waals surface area contributed by atoms with Crippen LogP contribution in [0, 0.1) is 0 Å². The van der Waals surface area contributed by atoms with Crippen LogP contribution in [0.3, 0.4) is 0 Å². The number of H-pyrrole nitrogens is 1. The monoisotopic (exact) mass is 233 g/mol. The van der Waals surface area contributed by atoms with E-state index in [0.29, 0.717) is 17.7 Å². The van der Waals surface area contributed by atoms with E-state index in [9.17, 15) is 9.59 Å². The van der Waals surface area contributed by atoms with Crippen molar-refractivity contribution in [2.24, 2.45) is 7.05 Å². The van der Waals surface area contributed by atoms with Crippen molar-refractivity contribution in [1.82, 2.24) is 19.1 Å². The summed E-state index contributed by atoms with van der Waals surface area (Å²) in [7, 11) is 1.72. The first-order chi connectivity index (χ1) is 6.65. The number of hydrogen-bond acceptors (Lipinski definition) is 3. The van der Waals surface area contributed by atoms with Gasteiger partial charge in [-0.15, -0.1) is 0 Å². The minimum atomic E-state index is -0.413. The summed E-state index contributed by atoms with van der Waals surface area (Å²) in [5.74, 6) is 0. The maximum Gasteiger partial charge on any atom is 0.330 e. The Labute approximate surface area is 128 Å². The van der Waals surface area contributed by atoms with Gasteiger partial charge in [-0.25, -0.2) is 9.78 Å². The molecule has 15 heavy (non-hydrogen) atoms. The second kappa shape index (κ2) is 4.75. The maximum atomic E-state index is 11.4. The van der Waals surface area contributed by atoms with Crippen molar-refractivity contribution in [1.29, 1.82) is 0 Å². The summed E-state index contributed by atoms with van der Waals surface area (Å²) in [6.07, 6.45) is 1.52. The van der Waals surface area contributed by atoms with E-state index in [2.05, 4.69) is 9.97 Å². The average Bonchev–Trinajstić information content (AvgIpc) is 2.49. The van der Waals surface area contributed by atoms with Crippen LogP contribution in [0.5, 0.6) is 0 Å². The summed E-state index contributed by atoms with van der Waals surface area (Å²) < 4.78 is 3.02. The first kappa shape index (κ1) is 12.9. The zero-order valence-corrected chi connectivity index (χ0v) is 12.1. The molecule has 7 heteroatoms. The Hall–Kier alpha value is -0.214. The molecule has 0 bridgehead atoms. The van der Waals surface area contributed by atoms with Gasteiger partial charge < -0.3 is 4.57 Å². The molecular formula is C8H10KN4O2. The molecule has 0 aromatic carbocycles. The number of rotatable bonds is 1. The van der Waals surface area contributed by atoms with Crippen molar-refractivity contribution in [2.75, 3.05) is 0 Å². The van der Waals surface area contributed by atoms with Gasteiger partial charge in [-0.05, 0) is 6.92 Å². The summed E-state index contributed by atoms with van der Waals surface area (Å²) >= 11 is 0. The summed E-state index contributed by atoms with van der Waals surface area (Å²) in [6, 6.07) is 0. The number of hydrogen-bond donors (Lipinski definition) is 1. The summed E-state index contributed by atoms with van der Waals surface area (Å²) in [5.41, 5.74) is 0.0496. The third-order valence-electron chi connectivity index (χ3n) is 2.17. The second-order valence-electron chi connectivity index (χ2n) is 3.03. The van der Waals surface area contributed by atoms with Gasteiger partial charge in [0.2, 0.25) is 0 Å². The van der Waals surface area contributed by atoms with Gasteiger partial charge in [0, 0.05) is 65.0 Å².